The smallest absolute Gasteiger partial charge is 0.124 e. The molecule has 0 amide bonds. The molecular weight excluding hydrogens is 253 g/mol. The lowest BCUT2D eigenvalue weighted by atomic mass is 10.0. The van der Waals surface area contributed by atoms with Gasteiger partial charge in [-0.25, -0.2) is 4.39 Å². The first-order valence-corrected chi connectivity index (χ1v) is 6.80. The summed E-state index contributed by atoms with van der Waals surface area (Å²) in [7, 11) is 0. The molecule has 0 aliphatic carbocycles. The maximum atomic E-state index is 12.9. The highest BCUT2D eigenvalue weighted by molar-refractivity contribution is 6.31. The second kappa shape index (κ2) is 6.50. The average molecular weight is 272 g/mol. The lowest BCUT2D eigenvalue weighted by molar-refractivity contribution is 0.184. The standard InChI is InChI=1S/C14H19ClFNO/c1-10(13-3-2-12(16)8-14(13)15)17-6-4-11-5-7-18-9-11/h2-3,8,10-11,17H,4-7,9H2,1H3. The Labute approximate surface area is 112 Å². The van der Waals surface area contributed by atoms with Crippen LogP contribution in [-0.4, -0.2) is 19.8 Å². The molecule has 2 rings (SSSR count). The average Bonchev–Trinajstić information content (AvgIpc) is 2.81. The number of ether oxygens (including phenoxy) is 1. The fourth-order valence-electron chi connectivity index (χ4n) is 2.28. The molecule has 0 radical (unpaired) electrons. The van der Waals surface area contributed by atoms with Crippen molar-refractivity contribution in [2.45, 2.75) is 25.8 Å². The Bertz CT molecular complexity index is 393. The summed E-state index contributed by atoms with van der Waals surface area (Å²) in [5.74, 6) is 0.382. The number of nitrogens with one attached hydrogen (secondary N) is 1. The zero-order valence-electron chi connectivity index (χ0n) is 10.6. The lowest BCUT2D eigenvalue weighted by Gasteiger charge is -2.17. The van der Waals surface area contributed by atoms with E-state index in [4.69, 9.17) is 16.3 Å². The van der Waals surface area contributed by atoms with Crippen LogP contribution < -0.4 is 5.32 Å². The Hall–Kier alpha value is -0.640. The van der Waals surface area contributed by atoms with Crippen molar-refractivity contribution in [2.24, 2.45) is 5.92 Å². The largest absolute Gasteiger partial charge is 0.381 e. The van der Waals surface area contributed by atoms with E-state index in [1.54, 1.807) is 6.07 Å². The highest BCUT2D eigenvalue weighted by Crippen LogP contribution is 2.24. The molecule has 1 aliphatic heterocycles. The maximum absolute atomic E-state index is 12.9. The first-order valence-electron chi connectivity index (χ1n) is 6.43. The van der Waals surface area contributed by atoms with Gasteiger partial charge in [0.2, 0.25) is 0 Å². The molecule has 1 aliphatic rings. The highest BCUT2D eigenvalue weighted by atomic mass is 35.5. The number of benzene rings is 1. The maximum Gasteiger partial charge on any atom is 0.124 e. The Kier molecular flexibility index (Phi) is 4.98. The summed E-state index contributed by atoms with van der Waals surface area (Å²) in [5.41, 5.74) is 0.945. The van der Waals surface area contributed by atoms with Gasteiger partial charge in [0.25, 0.3) is 0 Å². The SMILES string of the molecule is CC(NCCC1CCOC1)c1ccc(F)cc1Cl. The quantitative estimate of drug-likeness (QED) is 0.884. The van der Waals surface area contributed by atoms with Crippen molar-refractivity contribution in [2.75, 3.05) is 19.8 Å². The Morgan fingerprint density at radius 3 is 3.06 bits per heavy atom. The molecule has 1 heterocycles. The summed E-state index contributed by atoms with van der Waals surface area (Å²) < 4.78 is 18.3. The topological polar surface area (TPSA) is 21.3 Å². The van der Waals surface area contributed by atoms with Gasteiger partial charge in [-0.05, 0) is 49.9 Å². The van der Waals surface area contributed by atoms with E-state index in [-0.39, 0.29) is 11.9 Å². The molecule has 1 aromatic rings. The predicted molar refractivity (Wildman–Crippen MR) is 71.4 cm³/mol. The monoisotopic (exact) mass is 271 g/mol. The summed E-state index contributed by atoms with van der Waals surface area (Å²) in [4.78, 5) is 0. The van der Waals surface area contributed by atoms with Crippen LogP contribution in [0.5, 0.6) is 0 Å². The molecule has 1 N–H and O–H groups in total. The van der Waals surface area contributed by atoms with Gasteiger partial charge in [0.05, 0.1) is 0 Å². The minimum atomic E-state index is -0.293. The first kappa shape index (κ1) is 13.8. The van der Waals surface area contributed by atoms with Gasteiger partial charge in [-0.15, -0.1) is 0 Å². The molecule has 0 aromatic heterocycles. The number of hydrogen-bond acceptors (Lipinski definition) is 2. The third-order valence-corrected chi connectivity index (χ3v) is 3.78. The summed E-state index contributed by atoms with van der Waals surface area (Å²) >= 11 is 6.03. The van der Waals surface area contributed by atoms with Crippen molar-refractivity contribution in [3.05, 3.63) is 34.6 Å². The van der Waals surface area contributed by atoms with E-state index in [0.717, 1.165) is 38.2 Å². The van der Waals surface area contributed by atoms with Gasteiger partial charge in [0, 0.05) is 24.3 Å². The van der Waals surface area contributed by atoms with E-state index < -0.39 is 0 Å². The van der Waals surface area contributed by atoms with Crippen molar-refractivity contribution in [3.8, 4) is 0 Å². The van der Waals surface area contributed by atoms with Gasteiger partial charge in [-0.2, -0.15) is 0 Å². The van der Waals surface area contributed by atoms with Crippen LogP contribution >= 0.6 is 11.6 Å². The Morgan fingerprint density at radius 2 is 2.39 bits per heavy atom. The molecule has 2 unspecified atom stereocenters. The van der Waals surface area contributed by atoms with Crippen LogP contribution in [0.25, 0.3) is 0 Å². The molecule has 4 heteroatoms. The molecule has 0 bridgehead atoms. The number of halogens is 2. The van der Waals surface area contributed by atoms with Crippen molar-refractivity contribution in [1.82, 2.24) is 5.32 Å². The van der Waals surface area contributed by atoms with Crippen LogP contribution in [0, 0.1) is 11.7 Å². The fourth-order valence-corrected chi connectivity index (χ4v) is 2.61. The van der Waals surface area contributed by atoms with Crippen LogP contribution in [-0.2, 0) is 4.74 Å². The van der Waals surface area contributed by atoms with Crippen LogP contribution in [0.4, 0.5) is 4.39 Å². The van der Waals surface area contributed by atoms with E-state index in [0.29, 0.717) is 10.9 Å². The first-order chi connectivity index (χ1) is 8.66. The van der Waals surface area contributed by atoms with Gasteiger partial charge in [0.15, 0.2) is 0 Å². The fraction of sp³-hybridized carbons (Fsp3) is 0.571. The lowest BCUT2D eigenvalue weighted by Crippen LogP contribution is -2.22. The van der Waals surface area contributed by atoms with E-state index in [1.807, 2.05) is 6.92 Å². The number of hydrogen-bond donors (Lipinski definition) is 1. The van der Waals surface area contributed by atoms with Gasteiger partial charge < -0.3 is 10.1 Å². The van der Waals surface area contributed by atoms with Crippen LogP contribution in [0.3, 0.4) is 0 Å². The van der Waals surface area contributed by atoms with Gasteiger partial charge in [0.1, 0.15) is 5.82 Å². The van der Waals surface area contributed by atoms with Crippen LogP contribution in [0.15, 0.2) is 18.2 Å². The van der Waals surface area contributed by atoms with E-state index in [9.17, 15) is 4.39 Å². The summed E-state index contributed by atoms with van der Waals surface area (Å²) in [6.45, 7) is 4.75. The molecule has 18 heavy (non-hydrogen) atoms. The van der Waals surface area contributed by atoms with Gasteiger partial charge in [-0.1, -0.05) is 17.7 Å². The second-order valence-corrected chi connectivity index (χ2v) is 5.27. The van der Waals surface area contributed by atoms with E-state index in [1.165, 1.54) is 12.1 Å². The van der Waals surface area contributed by atoms with Gasteiger partial charge >= 0.3 is 0 Å². The molecule has 2 nitrogen and oxygen atoms in total. The second-order valence-electron chi connectivity index (χ2n) is 4.86. The van der Waals surface area contributed by atoms with Crippen molar-refractivity contribution in [1.29, 1.82) is 0 Å². The molecule has 1 aromatic carbocycles. The van der Waals surface area contributed by atoms with Crippen molar-refractivity contribution < 1.29 is 9.13 Å². The molecule has 100 valence electrons. The minimum Gasteiger partial charge on any atom is -0.381 e. The molecule has 0 spiro atoms. The molecule has 1 fully saturated rings. The molecule has 2 atom stereocenters. The zero-order valence-corrected chi connectivity index (χ0v) is 11.3. The third kappa shape index (κ3) is 3.67. The summed E-state index contributed by atoms with van der Waals surface area (Å²) in [6.07, 6.45) is 2.27. The van der Waals surface area contributed by atoms with Crippen molar-refractivity contribution >= 4 is 11.6 Å². The normalized spacial score (nSPS) is 21.2. The minimum absolute atomic E-state index is 0.139. The van der Waals surface area contributed by atoms with E-state index >= 15 is 0 Å². The predicted octanol–water partition coefficient (Wildman–Crippen LogP) is 3.56. The molecular formula is C14H19ClFNO. The zero-order chi connectivity index (χ0) is 13.0. The van der Waals surface area contributed by atoms with Crippen molar-refractivity contribution in [3.63, 3.8) is 0 Å². The molecule has 1 saturated heterocycles. The van der Waals surface area contributed by atoms with Crippen LogP contribution in [0.1, 0.15) is 31.4 Å². The number of rotatable bonds is 5. The highest BCUT2D eigenvalue weighted by Gasteiger charge is 2.16. The summed E-state index contributed by atoms with van der Waals surface area (Å²) in [5, 5.41) is 3.91. The third-order valence-electron chi connectivity index (χ3n) is 3.46. The van der Waals surface area contributed by atoms with Gasteiger partial charge in [-0.3, -0.25) is 0 Å². The molecule has 0 saturated carbocycles. The Balaban J connectivity index is 1.81. The summed E-state index contributed by atoms with van der Waals surface area (Å²) in [6, 6.07) is 4.69. The van der Waals surface area contributed by atoms with E-state index in [2.05, 4.69) is 5.32 Å². The Morgan fingerprint density at radius 1 is 1.56 bits per heavy atom. The van der Waals surface area contributed by atoms with Crippen LogP contribution in [0.2, 0.25) is 5.02 Å².